The van der Waals surface area contributed by atoms with E-state index < -0.39 is 9.52 Å². The van der Waals surface area contributed by atoms with Crippen LogP contribution in [0.5, 0.6) is 0 Å². The topological polar surface area (TPSA) is 0 Å². The Morgan fingerprint density at radius 1 is 0.654 bits per heavy atom. The molecule has 0 amide bonds. The molecule has 0 bridgehead atoms. The quantitative estimate of drug-likeness (QED) is 0.575. The Bertz CT molecular complexity index is 962. The molecular weight excluding hydrogens is 328 g/mol. The molecule has 26 heavy (non-hydrogen) atoms. The molecule has 3 aromatic carbocycles. The summed E-state index contributed by atoms with van der Waals surface area (Å²) in [7, 11) is -0.537. The Labute approximate surface area is 158 Å². The van der Waals surface area contributed by atoms with E-state index in [2.05, 4.69) is 98.8 Å². The molecule has 0 radical (unpaired) electrons. The molecule has 4 rings (SSSR count). The third-order valence-electron chi connectivity index (χ3n) is 5.22. The van der Waals surface area contributed by atoms with Crippen LogP contribution < -0.4 is 5.19 Å². The summed E-state index contributed by atoms with van der Waals surface area (Å²) in [6.07, 6.45) is 1.07. The fraction of sp³-hybridized carbons (Fsp3) is 0.120. The van der Waals surface area contributed by atoms with Crippen LogP contribution in [0.1, 0.15) is 30.0 Å². The van der Waals surface area contributed by atoms with Gasteiger partial charge in [0.1, 0.15) is 0 Å². The lowest BCUT2D eigenvalue weighted by molar-refractivity contribution is 1.26. The molecule has 128 valence electrons. The Morgan fingerprint density at radius 3 is 1.92 bits per heavy atom. The summed E-state index contributed by atoms with van der Waals surface area (Å²) in [5.74, 6) is 0. The normalized spacial score (nSPS) is 14.7. The van der Waals surface area contributed by atoms with E-state index in [0.717, 1.165) is 6.42 Å². The monoisotopic (exact) mass is 352 g/mol. The second-order valence-corrected chi connectivity index (χ2v) is 9.06. The molecule has 0 N–H and O–H groups in total. The summed E-state index contributed by atoms with van der Waals surface area (Å²) in [5, 5.41) is 3.12. The highest BCUT2D eigenvalue weighted by atomic mass is 28.2. The minimum atomic E-state index is -0.537. The van der Waals surface area contributed by atoms with Gasteiger partial charge in [0.05, 0.1) is 9.52 Å². The van der Waals surface area contributed by atoms with E-state index in [1.807, 2.05) is 0 Å². The molecule has 0 saturated carbocycles. The molecule has 0 fully saturated rings. The average molecular weight is 353 g/mol. The summed E-state index contributed by atoms with van der Waals surface area (Å²) in [6, 6.07) is 31.0. The van der Waals surface area contributed by atoms with Gasteiger partial charge in [0.25, 0.3) is 0 Å². The summed E-state index contributed by atoms with van der Waals surface area (Å²) in [5.41, 5.74) is 8.62. The van der Waals surface area contributed by atoms with Crippen molar-refractivity contribution in [1.82, 2.24) is 0 Å². The van der Waals surface area contributed by atoms with Gasteiger partial charge in [0, 0.05) is 0 Å². The molecule has 0 heterocycles. The van der Waals surface area contributed by atoms with Gasteiger partial charge in [-0.3, -0.25) is 0 Å². The van der Waals surface area contributed by atoms with E-state index in [-0.39, 0.29) is 0 Å². The van der Waals surface area contributed by atoms with Crippen molar-refractivity contribution in [3.8, 4) is 0 Å². The Kier molecular flexibility index (Phi) is 4.72. The Balaban J connectivity index is 1.84. The minimum absolute atomic E-state index is 0.537. The largest absolute Gasteiger partial charge is 0.0887 e. The SMILES string of the molecule is CC1=C(c2ccccc2)C([SiH2]c2ccccc2)=C(c2ccc(C)cc2)C1. The van der Waals surface area contributed by atoms with Gasteiger partial charge in [-0.2, -0.15) is 0 Å². The second-order valence-electron chi connectivity index (χ2n) is 7.18. The first-order valence-corrected chi connectivity index (χ1v) is 10.7. The molecule has 1 aliphatic carbocycles. The van der Waals surface area contributed by atoms with Crippen molar-refractivity contribution in [1.29, 1.82) is 0 Å². The highest BCUT2D eigenvalue weighted by molar-refractivity contribution is 6.66. The van der Waals surface area contributed by atoms with E-state index in [4.69, 9.17) is 0 Å². The zero-order valence-corrected chi connectivity index (χ0v) is 16.9. The minimum Gasteiger partial charge on any atom is -0.0633 e. The van der Waals surface area contributed by atoms with Crippen LogP contribution in [0, 0.1) is 6.92 Å². The van der Waals surface area contributed by atoms with Crippen molar-refractivity contribution in [2.75, 3.05) is 0 Å². The van der Waals surface area contributed by atoms with Crippen molar-refractivity contribution in [3.05, 3.63) is 112 Å². The number of benzene rings is 3. The molecule has 3 aromatic rings. The van der Waals surface area contributed by atoms with Crippen molar-refractivity contribution in [2.24, 2.45) is 0 Å². The zero-order valence-electron chi connectivity index (χ0n) is 15.5. The molecule has 0 saturated heterocycles. The lowest BCUT2D eigenvalue weighted by Crippen LogP contribution is -2.17. The third-order valence-corrected chi connectivity index (χ3v) is 7.23. The number of allylic oxidation sites excluding steroid dienone is 4. The number of hydrogen-bond acceptors (Lipinski definition) is 0. The van der Waals surface area contributed by atoms with Crippen molar-refractivity contribution >= 4 is 25.9 Å². The number of rotatable bonds is 4. The average Bonchev–Trinajstić information content (AvgIpc) is 3.00. The molecule has 0 unspecified atom stereocenters. The van der Waals surface area contributed by atoms with E-state index in [0.29, 0.717) is 0 Å². The molecular formula is C25H24Si. The summed E-state index contributed by atoms with van der Waals surface area (Å²) < 4.78 is 0. The van der Waals surface area contributed by atoms with E-state index in [9.17, 15) is 0 Å². The van der Waals surface area contributed by atoms with Crippen LogP contribution in [0.15, 0.2) is 95.7 Å². The predicted molar refractivity (Wildman–Crippen MR) is 116 cm³/mol. The number of hydrogen-bond donors (Lipinski definition) is 0. The van der Waals surface area contributed by atoms with Crippen LogP contribution in [-0.2, 0) is 0 Å². The molecule has 1 heteroatoms. The van der Waals surface area contributed by atoms with Crippen LogP contribution in [0.3, 0.4) is 0 Å². The Hall–Kier alpha value is -2.64. The van der Waals surface area contributed by atoms with Crippen LogP contribution in [0.2, 0.25) is 0 Å². The van der Waals surface area contributed by atoms with Gasteiger partial charge >= 0.3 is 0 Å². The van der Waals surface area contributed by atoms with E-state index >= 15 is 0 Å². The highest BCUT2D eigenvalue weighted by Crippen LogP contribution is 2.42. The lowest BCUT2D eigenvalue weighted by Gasteiger charge is -2.13. The van der Waals surface area contributed by atoms with E-state index in [1.165, 1.54) is 38.6 Å². The second kappa shape index (κ2) is 7.31. The first kappa shape index (κ1) is 16.8. The maximum atomic E-state index is 2.31. The van der Waals surface area contributed by atoms with Gasteiger partial charge < -0.3 is 0 Å². The predicted octanol–water partition coefficient (Wildman–Crippen LogP) is 5.08. The van der Waals surface area contributed by atoms with E-state index in [1.54, 1.807) is 5.20 Å². The molecule has 1 aliphatic rings. The van der Waals surface area contributed by atoms with Crippen molar-refractivity contribution in [3.63, 3.8) is 0 Å². The van der Waals surface area contributed by atoms with Gasteiger partial charge in [-0.1, -0.05) is 101 Å². The van der Waals surface area contributed by atoms with Crippen molar-refractivity contribution in [2.45, 2.75) is 20.3 Å². The van der Waals surface area contributed by atoms with Crippen LogP contribution >= 0.6 is 0 Å². The maximum absolute atomic E-state index is 2.31. The Morgan fingerprint density at radius 2 is 1.27 bits per heavy atom. The zero-order chi connectivity index (χ0) is 17.9. The van der Waals surface area contributed by atoms with Gasteiger partial charge in [-0.15, -0.1) is 0 Å². The highest BCUT2D eigenvalue weighted by Gasteiger charge is 2.24. The molecule has 0 aliphatic heterocycles. The molecule has 0 atom stereocenters. The van der Waals surface area contributed by atoms with Gasteiger partial charge in [-0.05, 0) is 47.7 Å². The number of aryl methyl sites for hydroxylation is 1. The van der Waals surface area contributed by atoms with Gasteiger partial charge in [0.2, 0.25) is 0 Å². The van der Waals surface area contributed by atoms with Gasteiger partial charge in [0.15, 0.2) is 0 Å². The van der Waals surface area contributed by atoms with Gasteiger partial charge in [-0.25, -0.2) is 0 Å². The molecule has 0 spiro atoms. The van der Waals surface area contributed by atoms with Crippen molar-refractivity contribution < 1.29 is 0 Å². The fourth-order valence-corrected chi connectivity index (χ4v) is 6.06. The summed E-state index contributed by atoms with van der Waals surface area (Å²) >= 11 is 0. The van der Waals surface area contributed by atoms with Crippen LogP contribution in [0.4, 0.5) is 0 Å². The van der Waals surface area contributed by atoms with Crippen LogP contribution in [0.25, 0.3) is 11.1 Å². The summed E-state index contributed by atoms with van der Waals surface area (Å²) in [6.45, 7) is 4.47. The standard InChI is InChI=1S/C25H24Si/c1-18-13-15-20(16-14-18)23-17-19(2)24(21-9-5-3-6-10-21)25(23)26-22-11-7-4-8-12-22/h3-16H,17,26H2,1-2H3. The maximum Gasteiger partial charge on any atom is 0.0887 e. The first-order valence-electron chi connectivity index (χ1n) is 9.31. The smallest absolute Gasteiger partial charge is 0.0633 e. The fourth-order valence-electron chi connectivity index (χ4n) is 3.92. The molecule has 0 nitrogen and oxygen atoms in total. The van der Waals surface area contributed by atoms with Crippen LogP contribution in [-0.4, -0.2) is 9.52 Å². The summed E-state index contributed by atoms with van der Waals surface area (Å²) in [4.78, 5) is 0. The molecule has 0 aromatic heterocycles. The lowest BCUT2D eigenvalue weighted by atomic mass is 10.0. The third kappa shape index (κ3) is 3.36. The first-order chi connectivity index (χ1) is 12.7.